The first-order chi connectivity index (χ1) is 13.4. The van der Waals surface area contributed by atoms with Crippen molar-refractivity contribution in [3.8, 4) is 11.5 Å². The van der Waals surface area contributed by atoms with E-state index >= 15 is 0 Å². The number of anilines is 1. The van der Waals surface area contributed by atoms with Gasteiger partial charge in [0, 0.05) is 18.4 Å². The summed E-state index contributed by atoms with van der Waals surface area (Å²) < 4.78 is 31.0. The Kier molecular flexibility index (Phi) is 6.64. The number of halogens is 3. The lowest BCUT2D eigenvalue weighted by atomic mass is 10.1. The zero-order valence-electron chi connectivity index (χ0n) is 14.8. The maximum atomic E-state index is 12.7. The molecular formula is C19H16ClF2N3O2S. The number of benzene rings is 2. The highest BCUT2D eigenvalue weighted by Crippen LogP contribution is 2.37. The molecule has 0 atom stereocenters. The first-order valence-corrected chi connectivity index (χ1v) is 9.60. The summed E-state index contributed by atoms with van der Waals surface area (Å²) in [6, 6.07) is 12.2. The molecule has 5 nitrogen and oxygen atoms in total. The van der Waals surface area contributed by atoms with Crippen molar-refractivity contribution in [3.63, 3.8) is 0 Å². The van der Waals surface area contributed by atoms with Gasteiger partial charge in [-0.3, -0.25) is 4.79 Å². The topological polar surface area (TPSA) is 68.0 Å². The minimum atomic E-state index is -2.64. The van der Waals surface area contributed by atoms with Gasteiger partial charge in [0.1, 0.15) is 0 Å². The largest absolute Gasteiger partial charge is 0.421 e. The average Bonchev–Trinajstić information content (AvgIpc) is 3.12. The Morgan fingerprint density at radius 1 is 1.21 bits per heavy atom. The number of hydrogen-bond donors (Lipinski definition) is 1. The Labute approximate surface area is 169 Å². The van der Waals surface area contributed by atoms with Crippen LogP contribution >= 0.6 is 23.4 Å². The molecule has 0 spiro atoms. The van der Waals surface area contributed by atoms with E-state index < -0.39 is 5.76 Å². The highest BCUT2D eigenvalue weighted by atomic mass is 35.5. The molecule has 3 aromatic rings. The molecule has 0 fully saturated rings. The maximum Gasteiger partial charge on any atom is 0.289 e. The molecular weight excluding hydrogens is 408 g/mol. The molecule has 2 aromatic carbocycles. The zero-order chi connectivity index (χ0) is 20.1. The van der Waals surface area contributed by atoms with Crippen molar-refractivity contribution in [3.05, 3.63) is 58.9 Å². The molecule has 0 saturated heterocycles. The number of thioether (sulfide) groups is 1. The van der Waals surface area contributed by atoms with Gasteiger partial charge in [0.25, 0.3) is 5.76 Å². The van der Waals surface area contributed by atoms with E-state index in [9.17, 15) is 13.6 Å². The summed E-state index contributed by atoms with van der Waals surface area (Å²) in [7, 11) is 0. The van der Waals surface area contributed by atoms with Gasteiger partial charge in [-0.1, -0.05) is 47.1 Å². The van der Waals surface area contributed by atoms with E-state index in [-0.39, 0.29) is 46.1 Å². The lowest BCUT2D eigenvalue weighted by Gasteiger charge is -2.11. The summed E-state index contributed by atoms with van der Waals surface area (Å²) in [5.41, 5.74) is 2.15. The number of rotatable bonds is 7. The van der Waals surface area contributed by atoms with Gasteiger partial charge in [0.05, 0.1) is 15.6 Å². The first-order valence-electron chi connectivity index (χ1n) is 8.35. The van der Waals surface area contributed by atoms with Crippen molar-refractivity contribution in [1.82, 2.24) is 10.2 Å². The van der Waals surface area contributed by atoms with Crippen molar-refractivity contribution in [1.29, 1.82) is 0 Å². The third-order valence-electron chi connectivity index (χ3n) is 3.78. The number of amides is 1. The van der Waals surface area contributed by atoms with E-state index in [1.165, 1.54) is 12.1 Å². The van der Waals surface area contributed by atoms with E-state index in [1.54, 1.807) is 6.07 Å². The zero-order valence-corrected chi connectivity index (χ0v) is 16.4. The van der Waals surface area contributed by atoms with Crippen LogP contribution in [0.5, 0.6) is 0 Å². The van der Waals surface area contributed by atoms with Crippen molar-refractivity contribution in [2.45, 2.75) is 30.4 Å². The summed E-state index contributed by atoms with van der Waals surface area (Å²) in [5.74, 6) is -2.32. The predicted molar refractivity (Wildman–Crippen MR) is 105 cm³/mol. The van der Waals surface area contributed by atoms with Crippen LogP contribution in [-0.2, 0) is 11.2 Å². The van der Waals surface area contributed by atoms with Crippen LogP contribution in [0.15, 0.2) is 51.8 Å². The van der Waals surface area contributed by atoms with Gasteiger partial charge < -0.3 is 9.73 Å². The standard InChI is InChI=1S/C19H16ClF2N3O2S/c1-11-5-7-12(8-6-11)18-25-24-16(27-18)10-9-15(26)23-14-4-2-3-13(20)17(14)28-19(21)22/h2-8,19H,9-10H2,1H3,(H,23,26). The average molecular weight is 424 g/mol. The summed E-state index contributed by atoms with van der Waals surface area (Å²) in [6.45, 7) is 1.98. The van der Waals surface area contributed by atoms with Crippen LogP contribution in [0, 0.1) is 6.92 Å². The molecule has 3 rings (SSSR count). The van der Waals surface area contributed by atoms with Crippen LogP contribution in [-0.4, -0.2) is 21.9 Å². The number of nitrogens with zero attached hydrogens (tertiary/aromatic N) is 2. The molecule has 9 heteroatoms. The van der Waals surface area contributed by atoms with Gasteiger partial charge >= 0.3 is 0 Å². The van der Waals surface area contributed by atoms with E-state index in [2.05, 4.69) is 15.5 Å². The Bertz CT molecular complexity index is 964. The number of hydrogen-bond acceptors (Lipinski definition) is 5. The number of carbonyl (C=O) groups excluding carboxylic acids is 1. The molecule has 0 radical (unpaired) electrons. The Morgan fingerprint density at radius 3 is 2.68 bits per heavy atom. The molecule has 0 saturated carbocycles. The summed E-state index contributed by atoms with van der Waals surface area (Å²) in [4.78, 5) is 12.3. The fraction of sp³-hybridized carbons (Fsp3) is 0.211. The van der Waals surface area contributed by atoms with Crippen molar-refractivity contribution in [2.75, 3.05) is 5.32 Å². The quantitative estimate of drug-likeness (QED) is 0.502. The van der Waals surface area contributed by atoms with Gasteiger partial charge in [-0.2, -0.15) is 8.78 Å². The third-order valence-corrected chi connectivity index (χ3v) is 5.06. The number of aryl methyl sites for hydroxylation is 2. The van der Waals surface area contributed by atoms with Crippen LogP contribution in [0.4, 0.5) is 14.5 Å². The number of carbonyl (C=O) groups is 1. The lowest BCUT2D eigenvalue weighted by molar-refractivity contribution is -0.116. The molecule has 28 heavy (non-hydrogen) atoms. The van der Waals surface area contributed by atoms with E-state index in [0.29, 0.717) is 11.8 Å². The number of nitrogens with one attached hydrogen (secondary N) is 1. The molecule has 1 N–H and O–H groups in total. The fourth-order valence-corrected chi connectivity index (χ4v) is 3.33. The normalized spacial score (nSPS) is 11.0. The Hall–Kier alpha value is -2.45. The third kappa shape index (κ3) is 5.30. The van der Waals surface area contributed by atoms with Crippen LogP contribution < -0.4 is 5.32 Å². The molecule has 1 heterocycles. The van der Waals surface area contributed by atoms with Gasteiger partial charge in [-0.25, -0.2) is 0 Å². The summed E-state index contributed by atoms with van der Waals surface area (Å²) >= 11 is 6.25. The minimum Gasteiger partial charge on any atom is -0.421 e. The van der Waals surface area contributed by atoms with Crippen molar-refractivity contribution < 1.29 is 18.0 Å². The van der Waals surface area contributed by atoms with Crippen LogP contribution in [0.2, 0.25) is 5.02 Å². The molecule has 1 aromatic heterocycles. The van der Waals surface area contributed by atoms with E-state index in [1.807, 2.05) is 31.2 Å². The first kappa shape index (κ1) is 20.3. The van der Waals surface area contributed by atoms with E-state index in [4.69, 9.17) is 16.0 Å². The fourth-order valence-electron chi connectivity index (χ4n) is 2.42. The van der Waals surface area contributed by atoms with Gasteiger partial charge in [-0.15, -0.1) is 10.2 Å². The number of alkyl halides is 2. The maximum absolute atomic E-state index is 12.7. The molecule has 0 unspecified atom stereocenters. The van der Waals surface area contributed by atoms with Crippen LogP contribution in [0.1, 0.15) is 17.9 Å². The highest BCUT2D eigenvalue weighted by Gasteiger charge is 2.16. The molecule has 1 amide bonds. The van der Waals surface area contributed by atoms with Crippen molar-refractivity contribution in [2.24, 2.45) is 0 Å². The molecule has 0 aliphatic rings. The SMILES string of the molecule is Cc1ccc(-c2nnc(CCC(=O)Nc3cccc(Cl)c3SC(F)F)o2)cc1. The molecule has 146 valence electrons. The summed E-state index contributed by atoms with van der Waals surface area (Å²) in [5, 5.41) is 10.7. The van der Waals surface area contributed by atoms with Gasteiger partial charge in [0.2, 0.25) is 17.7 Å². The Morgan fingerprint density at radius 2 is 1.96 bits per heavy atom. The molecule has 0 aliphatic heterocycles. The second-order valence-electron chi connectivity index (χ2n) is 5.91. The smallest absolute Gasteiger partial charge is 0.289 e. The highest BCUT2D eigenvalue weighted by molar-refractivity contribution is 7.99. The van der Waals surface area contributed by atoms with Gasteiger partial charge in [-0.05, 0) is 31.2 Å². The van der Waals surface area contributed by atoms with E-state index in [0.717, 1.165) is 11.1 Å². The monoisotopic (exact) mass is 423 g/mol. The second-order valence-corrected chi connectivity index (χ2v) is 7.32. The minimum absolute atomic E-state index is 0.0564. The molecule has 0 bridgehead atoms. The molecule has 0 aliphatic carbocycles. The predicted octanol–water partition coefficient (Wildman–Crippen LogP) is 5.58. The van der Waals surface area contributed by atoms with Gasteiger partial charge in [0.15, 0.2) is 0 Å². The van der Waals surface area contributed by atoms with Crippen LogP contribution in [0.25, 0.3) is 11.5 Å². The lowest BCUT2D eigenvalue weighted by Crippen LogP contribution is -2.13. The number of aromatic nitrogens is 2. The van der Waals surface area contributed by atoms with Crippen LogP contribution in [0.3, 0.4) is 0 Å². The Balaban J connectivity index is 1.61. The second kappa shape index (κ2) is 9.16. The van der Waals surface area contributed by atoms with Crippen molar-refractivity contribution >= 4 is 35.0 Å². The summed E-state index contributed by atoms with van der Waals surface area (Å²) in [6.07, 6.45) is 0.281.